The van der Waals surface area contributed by atoms with Gasteiger partial charge in [0.05, 0.1) is 25.1 Å². The summed E-state index contributed by atoms with van der Waals surface area (Å²) in [6.45, 7) is 1.88. The van der Waals surface area contributed by atoms with Gasteiger partial charge in [-0.25, -0.2) is 13.8 Å². The van der Waals surface area contributed by atoms with Crippen molar-refractivity contribution in [2.75, 3.05) is 31.1 Å². The van der Waals surface area contributed by atoms with Crippen molar-refractivity contribution in [1.82, 2.24) is 9.88 Å². The summed E-state index contributed by atoms with van der Waals surface area (Å²) in [4.78, 5) is 21.5. The number of halogens is 2. The number of hydrogen-bond donors (Lipinski definition) is 0. The average molecular weight is 425 g/mol. The third-order valence-corrected chi connectivity index (χ3v) is 7.48. The second-order valence-corrected chi connectivity index (χ2v) is 9.43. The van der Waals surface area contributed by atoms with Crippen LogP contribution in [0.2, 0.25) is 0 Å². The van der Waals surface area contributed by atoms with Gasteiger partial charge in [-0.05, 0) is 42.0 Å². The summed E-state index contributed by atoms with van der Waals surface area (Å²) in [6, 6.07) is 12.0. The highest BCUT2D eigenvalue weighted by Crippen LogP contribution is 2.52. The van der Waals surface area contributed by atoms with E-state index in [-0.39, 0.29) is 24.5 Å². The normalized spacial score (nSPS) is 27.7. The highest BCUT2D eigenvalue weighted by Gasteiger charge is 2.56. The molecule has 162 valence electrons. The van der Waals surface area contributed by atoms with Crippen molar-refractivity contribution in [2.45, 2.75) is 49.2 Å². The lowest BCUT2D eigenvalue weighted by atomic mass is 9.91. The van der Waals surface area contributed by atoms with Crippen molar-refractivity contribution in [3.8, 4) is 0 Å². The maximum absolute atomic E-state index is 13.5. The van der Waals surface area contributed by atoms with Gasteiger partial charge in [-0.1, -0.05) is 30.3 Å². The average Bonchev–Trinajstić information content (AvgIpc) is 3.16. The lowest BCUT2D eigenvalue weighted by molar-refractivity contribution is -0.134. The summed E-state index contributed by atoms with van der Waals surface area (Å²) in [5, 5.41) is 0. The van der Waals surface area contributed by atoms with E-state index in [1.165, 1.54) is 11.1 Å². The molecule has 2 aromatic rings. The van der Waals surface area contributed by atoms with E-state index in [0.717, 1.165) is 24.8 Å². The number of carbonyl (C=O) groups is 1. The Morgan fingerprint density at radius 1 is 1.00 bits per heavy atom. The zero-order valence-corrected chi connectivity index (χ0v) is 17.3. The van der Waals surface area contributed by atoms with Crippen molar-refractivity contribution >= 4 is 11.7 Å². The zero-order valence-electron chi connectivity index (χ0n) is 17.3. The van der Waals surface area contributed by atoms with Crippen LogP contribution in [0, 0.1) is 0 Å². The fourth-order valence-corrected chi connectivity index (χ4v) is 5.52. The predicted octanol–water partition coefficient (Wildman–Crippen LogP) is 3.62. The standard InChI is InChI=1S/C24H25F2N3O2/c25-24(26)10-12-28(16-24)20-6-5-18(13-27-20)22(7-8-22)21(30)29-11-9-23(15-29)19-4-2-1-3-17(19)14-31-23/h1-6,13H,7-12,14-16H2. The number of carbonyl (C=O) groups excluding carboxylic acids is 1. The van der Waals surface area contributed by atoms with Gasteiger partial charge in [0.2, 0.25) is 5.91 Å². The number of hydrogen-bond acceptors (Lipinski definition) is 4. The van der Waals surface area contributed by atoms with Crippen LogP contribution < -0.4 is 4.90 Å². The van der Waals surface area contributed by atoms with Crippen molar-refractivity contribution in [3.05, 3.63) is 59.3 Å². The Morgan fingerprint density at radius 2 is 1.84 bits per heavy atom. The van der Waals surface area contributed by atoms with Crippen LogP contribution in [0.4, 0.5) is 14.6 Å². The Labute approximate surface area is 180 Å². The number of ether oxygens (including phenoxy) is 1. The Kier molecular flexibility index (Phi) is 4.01. The van der Waals surface area contributed by atoms with E-state index in [1.807, 2.05) is 23.1 Å². The van der Waals surface area contributed by atoms with Crippen LogP contribution in [0.3, 0.4) is 0 Å². The van der Waals surface area contributed by atoms with Gasteiger partial charge in [0.25, 0.3) is 5.92 Å². The molecule has 3 fully saturated rings. The smallest absolute Gasteiger partial charge is 0.266 e. The summed E-state index contributed by atoms with van der Waals surface area (Å²) in [5.41, 5.74) is 2.41. The second-order valence-electron chi connectivity index (χ2n) is 9.43. The summed E-state index contributed by atoms with van der Waals surface area (Å²) in [7, 11) is 0. The molecule has 6 rings (SSSR count). The van der Waals surface area contributed by atoms with Crippen LogP contribution in [0.25, 0.3) is 0 Å². The van der Waals surface area contributed by atoms with Crippen molar-refractivity contribution in [2.24, 2.45) is 0 Å². The molecule has 3 aliphatic heterocycles. The number of aromatic nitrogens is 1. The third kappa shape index (κ3) is 2.97. The summed E-state index contributed by atoms with van der Waals surface area (Å²) in [6.07, 6.45) is 3.99. The summed E-state index contributed by atoms with van der Waals surface area (Å²) in [5.74, 6) is -1.96. The topological polar surface area (TPSA) is 45.7 Å². The first-order valence-electron chi connectivity index (χ1n) is 11.0. The van der Waals surface area contributed by atoms with Gasteiger partial charge >= 0.3 is 0 Å². The fourth-order valence-electron chi connectivity index (χ4n) is 5.52. The molecule has 4 aliphatic rings. The minimum Gasteiger partial charge on any atom is -0.364 e. The van der Waals surface area contributed by atoms with Crippen LogP contribution in [0.5, 0.6) is 0 Å². The van der Waals surface area contributed by atoms with Crippen LogP contribution in [0.1, 0.15) is 42.4 Å². The molecule has 5 nitrogen and oxygen atoms in total. The van der Waals surface area contributed by atoms with E-state index in [0.29, 0.717) is 32.1 Å². The minimum absolute atomic E-state index is 0.138. The lowest BCUT2D eigenvalue weighted by Crippen LogP contribution is -2.40. The van der Waals surface area contributed by atoms with Crippen LogP contribution in [0.15, 0.2) is 42.6 Å². The number of anilines is 1. The molecule has 1 unspecified atom stereocenters. The first kappa shape index (κ1) is 19.2. The maximum atomic E-state index is 13.5. The molecule has 4 heterocycles. The lowest BCUT2D eigenvalue weighted by Gasteiger charge is -2.27. The van der Waals surface area contributed by atoms with E-state index < -0.39 is 11.3 Å². The summed E-state index contributed by atoms with van der Waals surface area (Å²) >= 11 is 0. The molecule has 0 bridgehead atoms. The number of rotatable bonds is 3. The van der Waals surface area contributed by atoms with Crippen LogP contribution >= 0.6 is 0 Å². The fraction of sp³-hybridized carbons (Fsp3) is 0.500. The number of likely N-dealkylation sites (tertiary alicyclic amines) is 1. The number of alkyl halides is 2. The SMILES string of the molecule is O=C(N1CCC2(C1)OCc1ccccc12)C1(c2ccc(N3CCC(F)(F)C3)nc2)CC1. The van der Waals surface area contributed by atoms with Crippen molar-refractivity contribution in [3.63, 3.8) is 0 Å². The van der Waals surface area contributed by atoms with Gasteiger partial charge in [0.15, 0.2) is 0 Å². The van der Waals surface area contributed by atoms with Crippen LogP contribution in [-0.2, 0) is 27.2 Å². The molecular formula is C24H25F2N3O2. The monoisotopic (exact) mass is 425 g/mol. The molecule has 31 heavy (non-hydrogen) atoms. The zero-order chi connectivity index (χ0) is 21.3. The summed E-state index contributed by atoms with van der Waals surface area (Å²) < 4.78 is 33.3. The number of amides is 1. The molecule has 1 aromatic carbocycles. The first-order valence-corrected chi connectivity index (χ1v) is 11.0. The molecule has 1 saturated carbocycles. The van der Waals surface area contributed by atoms with Gasteiger partial charge in [-0.15, -0.1) is 0 Å². The molecule has 1 amide bonds. The number of benzene rings is 1. The highest BCUT2D eigenvalue weighted by atomic mass is 19.3. The molecule has 7 heteroatoms. The Hall–Kier alpha value is -2.54. The second kappa shape index (κ2) is 6.48. The van der Waals surface area contributed by atoms with Gasteiger partial charge < -0.3 is 14.5 Å². The molecule has 1 atom stereocenters. The molecular weight excluding hydrogens is 400 g/mol. The molecule has 1 spiro atoms. The molecule has 0 radical (unpaired) electrons. The predicted molar refractivity (Wildman–Crippen MR) is 111 cm³/mol. The van der Waals surface area contributed by atoms with E-state index >= 15 is 0 Å². The molecule has 0 N–H and O–H groups in total. The van der Waals surface area contributed by atoms with Gasteiger partial charge in [-0.2, -0.15) is 0 Å². The highest BCUT2D eigenvalue weighted by molar-refractivity contribution is 5.91. The Morgan fingerprint density at radius 3 is 2.55 bits per heavy atom. The number of fused-ring (bicyclic) bond motifs is 2. The van der Waals surface area contributed by atoms with E-state index in [4.69, 9.17) is 4.74 Å². The maximum Gasteiger partial charge on any atom is 0.266 e. The van der Waals surface area contributed by atoms with Gasteiger partial charge in [-0.3, -0.25) is 4.79 Å². The molecule has 2 saturated heterocycles. The molecule has 1 aliphatic carbocycles. The Bertz CT molecular complexity index is 1040. The molecule has 1 aromatic heterocycles. The minimum atomic E-state index is -2.65. The van der Waals surface area contributed by atoms with Crippen LogP contribution in [-0.4, -0.2) is 47.9 Å². The van der Waals surface area contributed by atoms with Crippen molar-refractivity contribution in [1.29, 1.82) is 0 Å². The van der Waals surface area contributed by atoms with E-state index in [9.17, 15) is 13.6 Å². The quantitative estimate of drug-likeness (QED) is 0.754. The number of pyridine rings is 1. The van der Waals surface area contributed by atoms with Gasteiger partial charge in [0, 0.05) is 25.7 Å². The van der Waals surface area contributed by atoms with Gasteiger partial charge in [0.1, 0.15) is 11.4 Å². The van der Waals surface area contributed by atoms with E-state index in [1.54, 1.807) is 17.2 Å². The van der Waals surface area contributed by atoms with E-state index in [2.05, 4.69) is 17.1 Å². The largest absolute Gasteiger partial charge is 0.364 e. The third-order valence-electron chi connectivity index (χ3n) is 7.48. The van der Waals surface area contributed by atoms with Crippen molar-refractivity contribution < 1.29 is 18.3 Å². The first-order chi connectivity index (χ1) is 14.9. The number of nitrogens with zero attached hydrogens (tertiary/aromatic N) is 3. The Balaban J connectivity index is 1.20.